The van der Waals surface area contributed by atoms with E-state index in [-0.39, 0.29) is 18.3 Å². The van der Waals surface area contributed by atoms with Gasteiger partial charge in [-0.05, 0) is 47.9 Å². The van der Waals surface area contributed by atoms with Crippen LogP contribution in [0.4, 0.5) is 14.9 Å². The summed E-state index contributed by atoms with van der Waals surface area (Å²) in [4.78, 5) is 24.9. The van der Waals surface area contributed by atoms with Gasteiger partial charge in [0.25, 0.3) is 0 Å². The van der Waals surface area contributed by atoms with Crippen LogP contribution >= 0.6 is 0 Å². The number of hydrogen-bond acceptors (Lipinski definition) is 3. The number of amides is 3. The number of carbonyl (C=O) groups is 2. The highest BCUT2D eigenvalue weighted by atomic mass is 19.1. The fourth-order valence-electron chi connectivity index (χ4n) is 2.93. The number of H-pyrrole nitrogens is 1. The third kappa shape index (κ3) is 5.91. The van der Waals surface area contributed by atoms with Crippen molar-refractivity contribution in [3.05, 3.63) is 72.2 Å². The number of rotatable bonds is 8. The van der Waals surface area contributed by atoms with Crippen LogP contribution in [0, 0.1) is 5.82 Å². The van der Waals surface area contributed by atoms with Gasteiger partial charge in [0.05, 0.1) is 5.69 Å². The van der Waals surface area contributed by atoms with E-state index in [2.05, 4.69) is 26.1 Å². The minimum Gasteiger partial charge on any atom is -0.334 e. The zero-order chi connectivity index (χ0) is 21.3. The fourth-order valence-corrected chi connectivity index (χ4v) is 2.93. The van der Waals surface area contributed by atoms with Gasteiger partial charge in [0.2, 0.25) is 5.91 Å². The average molecular weight is 409 g/mol. The van der Waals surface area contributed by atoms with Gasteiger partial charge in [-0.1, -0.05) is 37.6 Å². The Bertz CT molecular complexity index is 956. The summed E-state index contributed by atoms with van der Waals surface area (Å²) in [5.41, 5.74) is 3.24. The molecule has 0 aliphatic carbocycles. The Morgan fingerprint density at radius 2 is 1.80 bits per heavy atom. The van der Waals surface area contributed by atoms with Gasteiger partial charge in [-0.15, -0.1) is 0 Å². The molecule has 0 bridgehead atoms. The molecule has 3 rings (SSSR count). The lowest BCUT2D eigenvalue weighted by molar-refractivity contribution is -0.118. The fraction of sp³-hybridized carbons (Fsp3) is 0.227. The van der Waals surface area contributed by atoms with Crippen molar-refractivity contribution in [2.45, 2.75) is 32.4 Å². The van der Waals surface area contributed by atoms with Gasteiger partial charge < -0.3 is 16.0 Å². The van der Waals surface area contributed by atoms with Crippen molar-refractivity contribution < 1.29 is 14.0 Å². The SMILES string of the molecule is CCCC(NC(=O)NCc1ccc(F)cc1)C(=O)Nc1ccc(-c2ccn[nH]2)cc1. The normalized spacial score (nSPS) is 11.5. The van der Waals surface area contributed by atoms with Crippen molar-refractivity contribution in [2.75, 3.05) is 5.32 Å². The number of carbonyl (C=O) groups excluding carboxylic acids is 2. The first kappa shape index (κ1) is 21.0. The number of halogens is 1. The van der Waals surface area contributed by atoms with Crippen molar-refractivity contribution in [1.29, 1.82) is 0 Å². The van der Waals surface area contributed by atoms with Crippen LogP contribution in [-0.2, 0) is 11.3 Å². The number of nitrogens with one attached hydrogen (secondary N) is 4. The van der Waals surface area contributed by atoms with Gasteiger partial charge in [-0.2, -0.15) is 5.10 Å². The Morgan fingerprint density at radius 1 is 1.07 bits per heavy atom. The molecule has 1 heterocycles. The van der Waals surface area contributed by atoms with Crippen LogP contribution in [0.3, 0.4) is 0 Å². The maximum Gasteiger partial charge on any atom is 0.315 e. The molecule has 1 unspecified atom stereocenters. The van der Waals surface area contributed by atoms with E-state index in [0.29, 0.717) is 12.1 Å². The molecule has 0 saturated heterocycles. The Labute approximate surface area is 174 Å². The van der Waals surface area contributed by atoms with Gasteiger partial charge in [0.1, 0.15) is 11.9 Å². The molecule has 30 heavy (non-hydrogen) atoms. The number of benzene rings is 2. The predicted molar refractivity (Wildman–Crippen MR) is 113 cm³/mol. The summed E-state index contributed by atoms with van der Waals surface area (Å²) in [6.07, 6.45) is 2.91. The third-order valence-electron chi connectivity index (χ3n) is 4.53. The van der Waals surface area contributed by atoms with Crippen LogP contribution < -0.4 is 16.0 Å². The summed E-state index contributed by atoms with van der Waals surface area (Å²) in [5.74, 6) is -0.622. The Hall–Kier alpha value is -3.68. The second kappa shape index (κ2) is 10.2. The van der Waals surface area contributed by atoms with Crippen LogP contribution in [0.5, 0.6) is 0 Å². The zero-order valence-electron chi connectivity index (χ0n) is 16.6. The van der Waals surface area contributed by atoms with Crippen molar-refractivity contribution in [3.63, 3.8) is 0 Å². The molecule has 0 spiro atoms. The van der Waals surface area contributed by atoms with E-state index in [1.807, 2.05) is 25.1 Å². The van der Waals surface area contributed by atoms with E-state index in [1.54, 1.807) is 30.5 Å². The predicted octanol–water partition coefficient (Wildman–Crippen LogP) is 3.82. The van der Waals surface area contributed by atoms with E-state index < -0.39 is 12.1 Å². The van der Waals surface area contributed by atoms with Crippen molar-refractivity contribution in [3.8, 4) is 11.3 Å². The van der Waals surface area contributed by atoms with Gasteiger partial charge in [-0.25, -0.2) is 9.18 Å². The lowest BCUT2D eigenvalue weighted by atomic mass is 10.1. The average Bonchev–Trinajstić information content (AvgIpc) is 3.28. The summed E-state index contributed by atoms with van der Waals surface area (Å²) in [6, 6.07) is 13.9. The van der Waals surface area contributed by atoms with Crippen LogP contribution in [0.25, 0.3) is 11.3 Å². The maximum absolute atomic E-state index is 13.0. The summed E-state index contributed by atoms with van der Waals surface area (Å²) in [6.45, 7) is 2.18. The number of aromatic amines is 1. The van der Waals surface area contributed by atoms with E-state index in [9.17, 15) is 14.0 Å². The molecule has 0 aliphatic rings. The summed E-state index contributed by atoms with van der Waals surface area (Å²) in [5, 5.41) is 15.0. The molecule has 3 aromatic rings. The quantitative estimate of drug-likeness (QED) is 0.455. The minimum atomic E-state index is -0.671. The van der Waals surface area contributed by atoms with Crippen LogP contribution in [0.15, 0.2) is 60.8 Å². The lowest BCUT2D eigenvalue weighted by Gasteiger charge is -2.18. The number of aromatic nitrogens is 2. The third-order valence-corrected chi connectivity index (χ3v) is 4.53. The largest absolute Gasteiger partial charge is 0.334 e. The second-order valence-electron chi connectivity index (χ2n) is 6.83. The standard InChI is InChI=1S/C22H24FN5O2/c1-2-3-20(27-22(30)24-14-15-4-8-17(23)9-5-15)21(29)26-18-10-6-16(7-11-18)19-12-13-25-28-19/h4-13,20H,2-3,14H2,1H3,(H,25,28)(H,26,29)(H2,24,27,30). The Morgan fingerprint density at radius 3 is 2.43 bits per heavy atom. The highest BCUT2D eigenvalue weighted by Gasteiger charge is 2.20. The molecule has 0 aliphatic heterocycles. The van der Waals surface area contributed by atoms with Crippen LogP contribution in [0.1, 0.15) is 25.3 Å². The number of nitrogens with zero attached hydrogens (tertiary/aromatic N) is 1. The van der Waals surface area contributed by atoms with Crippen molar-refractivity contribution >= 4 is 17.6 Å². The van der Waals surface area contributed by atoms with Gasteiger partial charge >= 0.3 is 6.03 Å². The van der Waals surface area contributed by atoms with Gasteiger partial charge in [-0.3, -0.25) is 9.89 Å². The smallest absolute Gasteiger partial charge is 0.315 e. The molecule has 8 heteroatoms. The minimum absolute atomic E-state index is 0.238. The van der Waals surface area contributed by atoms with Gasteiger partial charge in [0.15, 0.2) is 0 Å². The first-order chi connectivity index (χ1) is 14.5. The molecule has 3 amide bonds. The first-order valence-electron chi connectivity index (χ1n) is 9.74. The molecule has 0 saturated carbocycles. The van der Waals surface area contributed by atoms with E-state index in [4.69, 9.17) is 0 Å². The van der Waals surface area contributed by atoms with Crippen molar-refractivity contribution in [2.24, 2.45) is 0 Å². The number of anilines is 1. The molecule has 1 aromatic heterocycles. The van der Waals surface area contributed by atoms with E-state index in [0.717, 1.165) is 23.2 Å². The molecule has 1 atom stereocenters. The summed E-state index contributed by atoms with van der Waals surface area (Å²) in [7, 11) is 0. The molecule has 2 aromatic carbocycles. The molecular formula is C22H24FN5O2. The Balaban J connectivity index is 1.54. The number of urea groups is 1. The van der Waals surface area contributed by atoms with Crippen LogP contribution in [-0.4, -0.2) is 28.2 Å². The molecule has 4 N–H and O–H groups in total. The summed E-state index contributed by atoms with van der Waals surface area (Å²) >= 11 is 0. The number of hydrogen-bond donors (Lipinski definition) is 4. The molecular weight excluding hydrogens is 385 g/mol. The first-order valence-corrected chi connectivity index (χ1v) is 9.74. The monoisotopic (exact) mass is 409 g/mol. The van der Waals surface area contributed by atoms with Crippen molar-refractivity contribution in [1.82, 2.24) is 20.8 Å². The highest BCUT2D eigenvalue weighted by molar-refractivity contribution is 5.97. The summed E-state index contributed by atoms with van der Waals surface area (Å²) < 4.78 is 13.0. The van der Waals surface area contributed by atoms with Gasteiger partial charge in [0, 0.05) is 18.4 Å². The maximum atomic E-state index is 13.0. The topological polar surface area (TPSA) is 98.9 Å². The molecule has 156 valence electrons. The highest BCUT2D eigenvalue weighted by Crippen LogP contribution is 2.19. The zero-order valence-corrected chi connectivity index (χ0v) is 16.6. The lowest BCUT2D eigenvalue weighted by Crippen LogP contribution is -2.47. The van der Waals surface area contributed by atoms with Crippen LogP contribution in [0.2, 0.25) is 0 Å². The Kier molecular flexibility index (Phi) is 7.15. The second-order valence-corrected chi connectivity index (χ2v) is 6.83. The molecule has 0 radical (unpaired) electrons. The van der Waals surface area contributed by atoms with E-state index >= 15 is 0 Å². The molecule has 0 fully saturated rings. The molecule has 7 nitrogen and oxygen atoms in total. The van der Waals surface area contributed by atoms with E-state index in [1.165, 1.54) is 12.1 Å².